The summed E-state index contributed by atoms with van der Waals surface area (Å²) in [7, 11) is 0. The predicted molar refractivity (Wildman–Crippen MR) is 131 cm³/mol. The van der Waals surface area contributed by atoms with Gasteiger partial charge in [0.1, 0.15) is 0 Å². The number of allylic oxidation sites excluding steroid dienone is 4. The zero-order valence-electron chi connectivity index (χ0n) is 21.5. The Bertz CT molecular complexity index is 718. The van der Waals surface area contributed by atoms with E-state index in [9.17, 15) is 0 Å². The molecule has 0 aromatic rings. The van der Waals surface area contributed by atoms with E-state index in [1.807, 2.05) is 5.57 Å². The molecule has 3 fully saturated rings. The molecular formula is C30H50. The number of hydrogen-bond donors (Lipinski definition) is 0. The Labute approximate surface area is 188 Å². The van der Waals surface area contributed by atoms with Crippen LogP contribution in [0.5, 0.6) is 0 Å². The molecule has 0 N–H and O–H groups in total. The molecular weight excluding hydrogens is 360 g/mol. The normalized spacial score (nSPS) is 45.6. The zero-order valence-corrected chi connectivity index (χ0v) is 21.5. The first-order valence-electron chi connectivity index (χ1n) is 13.3. The fourth-order valence-corrected chi connectivity index (χ4v) is 9.59. The molecule has 0 amide bonds. The highest BCUT2D eigenvalue weighted by atomic mass is 14.7. The molecule has 3 saturated carbocycles. The van der Waals surface area contributed by atoms with Crippen LogP contribution in [0.3, 0.4) is 0 Å². The van der Waals surface area contributed by atoms with Crippen LogP contribution < -0.4 is 0 Å². The highest BCUT2D eigenvalue weighted by Gasteiger charge is 2.64. The Kier molecular flexibility index (Phi) is 5.68. The predicted octanol–water partition coefficient (Wildman–Crippen LogP) is 9.36. The molecule has 170 valence electrons. The maximum absolute atomic E-state index is 2.80. The third-order valence-electron chi connectivity index (χ3n) is 11.5. The van der Waals surface area contributed by atoms with Crippen LogP contribution >= 0.6 is 0 Å². The topological polar surface area (TPSA) is 0 Å². The van der Waals surface area contributed by atoms with Gasteiger partial charge in [0.2, 0.25) is 0 Å². The largest absolute Gasteiger partial charge is 0.0859 e. The summed E-state index contributed by atoms with van der Waals surface area (Å²) in [6.07, 6.45) is 19.4. The summed E-state index contributed by atoms with van der Waals surface area (Å²) >= 11 is 0. The first-order chi connectivity index (χ1) is 14.0. The summed E-state index contributed by atoms with van der Waals surface area (Å²) in [6, 6.07) is 0. The Morgan fingerprint density at radius 2 is 1.77 bits per heavy atom. The van der Waals surface area contributed by atoms with Gasteiger partial charge in [-0.3, -0.25) is 0 Å². The van der Waals surface area contributed by atoms with Crippen molar-refractivity contribution < 1.29 is 0 Å². The standard InChI is InChI=1S/C30H50/c1-21(2)11-9-12-22(3)23-15-19-30(8)25-13-14-26-27(4,5)17-10-18-28(26,6)24(25)16-20-29(23,30)7/h11,13,22-24,26H,9-10,12,14-20H2,1-8H3. The molecule has 0 heterocycles. The molecule has 7 atom stereocenters. The van der Waals surface area contributed by atoms with E-state index < -0.39 is 0 Å². The molecule has 0 bridgehead atoms. The van der Waals surface area contributed by atoms with Crippen LogP contribution in [0.4, 0.5) is 0 Å². The molecule has 4 rings (SSSR count). The highest BCUT2D eigenvalue weighted by molar-refractivity contribution is 5.33. The van der Waals surface area contributed by atoms with Gasteiger partial charge in [-0.05, 0) is 117 Å². The van der Waals surface area contributed by atoms with Crippen molar-refractivity contribution in [3.8, 4) is 0 Å². The molecule has 0 aliphatic heterocycles. The minimum Gasteiger partial charge on any atom is -0.0859 e. The van der Waals surface area contributed by atoms with Crippen LogP contribution in [-0.4, -0.2) is 0 Å². The molecule has 0 spiro atoms. The summed E-state index contributed by atoms with van der Waals surface area (Å²) in [5.74, 6) is 3.50. The fraction of sp³-hybridized carbons (Fsp3) is 0.867. The van der Waals surface area contributed by atoms with Gasteiger partial charge in [-0.1, -0.05) is 71.3 Å². The van der Waals surface area contributed by atoms with Gasteiger partial charge in [0.05, 0.1) is 0 Å². The first-order valence-corrected chi connectivity index (χ1v) is 13.3. The zero-order chi connectivity index (χ0) is 21.9. The van der Waals surface area contributed by atoms with Crippen LogP contribution in [0.25, 0.3) is 0 Å². The van der Waals surface area contributed by atoms with E-state index in [0.717, 1.165) is 23.7 Å². The summed E-state index contributed by atoms with van der Waals surface area (Å²) < 4.78 is 0. The average molecular weight is 411 g/mol. The summed E-state index contributed by atoms with van der Waals surface area (Å²) in [4.78, 5) is 0. The van der Waals surface area contributed by atoms with Crippen LogP contribution in [-0.2, 0) is 0 Å². The lowest BCUT2D eigenvalue weighted by Gasteiger charge is -2.63. The van der Waals surface area contributed by atoms with Crippen LogP contribution in [0.1, 0.15) is 120 Å². The molecule has 4 aliphatic carbocycles. The highest BCUT2D eigenvalue weighted by Crippen LogP contribution is 2.73. The second kappa shape index (κ2) is 7.52. The van der Waals surface area contributed by atoms with E-state index in [2.05, 4.69) is 67.5 Å². The van der Waals surface area contributed by atoms with Crippen LogP contribution in [0.15, 0.2) is 23.3 Å². The quantitative estimate of drug-likeness (QED) is 0.405. The minimum absolute atomic E-state index is 0.445. The lowest BCUT2D eigenvalue weighted by Crippen LogP contribution is -2.55. The van der Waals surface area contributed by atoms with E-state index in [1.54, 1.807) is 0 Å². The SMILES string of the molecule is CC(C)=CCCC(C)C1CCC2(C)C3=CCC4C(C)(C)CCCC4(C)C3CCC12C. The molecule has 0 saturated heterocycles. The van der Waals surface area contributed by atoms with E-state index in [1.165, 1.54) is 69.8 Å². The molecule has 0 aromatic heterocycles. The third kappa shape index (κ3) is 3.21. The van der Waals surface area contributed by atoms with E-state index in [-0.39, 0.29) is 0 Å². The van der Waals surface area contributed by atoms with Gasteiger partial charge in [-0.25, -0.2) is 0 Å². The maximum atomic E-state index is 2.80. The Morgan fingerprint density at radius 1 is 1.03 bits per heavy atom. The third-order valence-corrected chi connectivity index (χ3v) is 11.5. The van der Waals surface area contributed by atoms with Crippen molar-refractivity contribution in [2.24, 2.45) is 45.3 Å². The van der Waals surface area contributed by atoms with Gasteiger partial charge in [0.15, 0.2) is 0 Å². The number of hydrogen-bond acceptors (Lipinski definition) is 0. The van der Waals surface area contributed by atoms with Gasteiger partial charge >= 0.3 is 0 Å². The van der Waals surface area contributed by atoms with E-state index in [4.69, 9.17) is 0 Å². The lowest BCUT2D eigenvalue weighted by atomic mass is 9.41. The van der Waals surface area contributed by atoms with Crippen molar-refractivity contribution in [1.29, 1.82) is 0 Å². The van der Waals surface area contributed by atoms with Gasteiger partial charge in [0, 0.05) is 0 Å². The molecule has 0 heteroatoms. The number of fused-ring (bicyclic) bond motifs is 5. The van der Waals surface area contributed by atoms with Crippen molar-refractivity contribution in [3.63, 3.8) is 0 Å². The van der Waals surface area contributed by atoms with Gasteiger partial charge in [0.25, 0.3) is 0 Å². The summed E-state index contributed by atoms with van der Waals surface area (Å²) in [6.45, 7) is 20.3. The van der Waals surface area contributed by atoms with E-state index in [0.29, 0.717) is 21.7 Å². The Morgan fingerprint density at radius 3 is 2.47 bits per heavy atom. The summed E-state index contributed by atoms with van der Waals surface area (Å²) in [5, 5.41) is 0. The fourth-order valence-electron chi connectivity index (χ4n) is 9.59. The molecule has 0 nitrogen and oxygen atoms in total. The van der Waals surface area contributed by atoms with Crippen LogP contribution in [0, 0.1) is 45.3 Å². The average Bonchev–Trinajstić information content (AvgIpc) is 2.92. The van der Waals surface area contributed by atoms with E-state index >= 15 is 0 Å². The van der Waals surface area contributed by atoms with Crippen molar-refractivity contribution in [2.75, 3.05) is 0 Å². The van der Waals surface area contributed by atoms with Crippen LogP contribution in [0.2, 0.25) is 0 Å². The molecule has 30 heavy (non-hydrogen) atoms. The van der Waals surface area contributed by atoms with Crippen molar-refractivity contribution in [3.05, 3.63) is 23.3 Å². The second-order valence-corrected chi connectivity index (χ2v) is 13.6. The lowest BCUT2D eigenvalue weighted by molar-refractivity contribution is -0.0798. The minimum atomic E-state index is 0.445. The maximum Gasteiger partial charge on any atom is -0.00568 e. The first kappa shape index (κ1) is 22.7. The van der Waals surface area contributed by atoms with Gasteiger partial charge in [-0.15, -0.1) is 0 Å². The van der Waals surface area contributed by atoms with Crippen molar-refractivity contribution in [1.82, 2.24) is 0 Å². The van der Waals surface area contributed by atoms with Gasteiger partial charge < -0.3 is 0 Å². The molecule has 0 radical (unpaired) electrons. The van der Waals surface area contributed by atoms with Crippen molar-refractivity contribution >= 4 is 0 Å². The molecule has 7 unspecified atom stereocenters. The molecule has 4 aliphatic rings. The Hall–Kier alpha value is -0.520. The monoisotopic (exact) mass is 410 g/mol. The van der Waals surface area contributed by atoms with Gasteiger partial charge in [-0.2, -0.15) is 0 Å². The smallest absolute Gasteiger partial charge is 0.00568 e. The number of rotatable bonds is 4. The summed E-state index contributed by atoms with van der Waals surface area (Å²) in [5.41, 5.74) is 5.42. The Balaban J connectivity index is 1.62. The second-order valence-electron chi connectivity index (χ2n) is 13.6. The van der Waals surface area contributed by atoms with Crippen molar-refractivity contribution in [2.45, 2.75) is 120 Å². The molecule has 0 aromatic carbocycles.